The van der Waals surface area contributed by atoms with Crippen molar-refractivity contribution in [2.45, 2.75) is 45.7 Å². The predicted molar refractivity (Wildman–Crippen MR) is 135 cm³/mol. The van der Waals surface area contributed by atoms with Crippen molar-refractivity contribution in [3.63, 3.8) is 0 Å². The Morgan fingerprint density at radius 1 is 1.23 bits per heavy atom. The summed E-state index contributed by atoms with van der Waals surface area (Å²) in [5, 5.41) is 3.20. The number of hydrogen-bond donors (Lipinski definition) is 2. The first-order valence-electron chi connectivity index (χ1n) is 11.4. The van der Waals surface area contributed by atoms with Crippen LogP contribution >= 0.6 is 24.8 Å². The molecule has 198 valence electrons. The minimum Gasteiger partial charge on any atom is -0.385 e. The molecule has 1 fully saturated rings. The van der Waals surface area contributed by atoms with Crippen LogP contribution in [0.3, 0.4) is 0 Å². The highest BCUT2D eigenvalue weighted by atomic mass is 35.5. The second-order valence-electron chi connectivity index (χ2n) is 9.04. The molecule has 12 heteroatoms. The van der Waals surface area contributed by atoms with Gasteiger partial charge in [0, 0.05) is 58.1 Å². The van der Waals surface area contributed by atoms with Crippen LogP contribution in [0.15, 0.2) is 12.1 Å². The van der Waals surface area contributed by atoms with Gasteiger partial charge in [-0.3, -0.25) is 9.59 Å². The molecule has 0 radical (unpaired) electrons. The molecule has 2 aromatic rings. The van der Waals surface area contributed by atoms with Crippen LogP contribution in [0.1, 0.15) is 43.7 Å². The number of benzene rings is 1. The van der Waals surface area contributed by atoms with E-state index < -0.39 is 17.5 Å². The fraction of sp³-hybridized carbons (Fsp3) is 0.609. The number of carbonyl (C=O) groups excluding carboxylic acids is 2. The lowest BCUT2D eigenvalue weighted by molar-refractivity contribution is -0.122. The number of rotatable bonds is 10. The summed E-state index contributed by atoms with van der Waals surface area (Å²) in [6.45, 7) is 6.42. The van der Waals surface area contributed by atoms with Crippen LogP contribution in [-0.2, 0) is 16.1 Å². The monoisotopic (exact) mass is 537 g/mol. The number of halogens is 4. The number of amides is 2. The smallest absolute Gasteiger partial charge is 0.290 e. The van der Waals surface area contributed by atoms with Crippen molar-refractivity contribution in [2.24, 2.45) is 17.6 Å². The minimum atomic E-state index is -1.01. The van der Waals surface area contributed by atoms with E-state index in [2.05, 4.69) is 10.3 Å². The number of nitrogens with two attached hydrogens (primary N) is 1. The number of fused-ring (bicyclic) bond motifs is 1. The number of primary amides is 1. The lowest BCUT2D eigenvalue weighted by Crippen LogP contribution is -2.54. The fourth-order valence-electron chi connectivity index (χ4n) is 4.32. The van der Waals surface area contributed by atoms with Gasteiger partial charge in [0.25, 0.3) is 5.91 Å². The Hall–Kier alpha value is -2.01. The molecule has 0 spiro atoms. The van der Waals surface area contributed by atoms with Gasteiger partial charge in [-0.15, -0.1) is 24.8 Å². The van der Waals surface area contributed by atoms with Crippen molar-refractivity contribution in [2.75, 3.05) is 33.4 Å². The van der Waals surface area contributed by atoms with E-state index in [0.29, 0.717) is 51.1 Å². The molecule has 2 heterocycles. The summed E-state index contributed by atoms with van der Waals surface area (Å²) in [6, 6.07) is 1.86. The van der Waals surface area contributed by atoms with Gasteiger partial charge < -0.3 is 25.3 Å². The lowest BCUT2D eigenvalue weighted by Gasteiger charge is -2.38. The van der Waals surface area contributed by atoms with Gasteiger partial charge in [0.05, 0.1) is 17.0 Å². The molecule has 3 rings (SSSR count). The maximum atomic E-state index is 14.0. The van der Waals surface area contributed by atoms with Crippen LogP contribution in [0, 0.1) is 23.5 Å². The lowest BCUT2D eigenvalue weighted by atomic mass is 9.93. The average Bonchev–Trinajstić information content (AvgIpc) is 3.12. The number of nitrogens with one attached hydrogen (secondary N) is 1. The number of methoxy groups -OCH3 is 1. The Labute approximate surface area is 216 Å². The van der Waals surface area contributed by atoms with Crippen LogP contribution in [-0.4, -0.2) is 65.7 Å². The third kappa shape index (κ3) is 7.49. The Balaban J connectivity index is 0.00000306. The van der Waals surface area contributed by atoms with Gasteiger partial charge >= 0.3 is 0 Å². The van der Waals surface area contributed by atoms with E-state index in [1.165, 1.54) is 0 Å². The Kier molecular flexibility index (Phi) is 12.3. The number of aromatic nitrogens is 2. The molecule has 2 atom stereocenters. The van der Waals surface area contributed by atoms with E-state index in [1.807, 2.05) is 13.8 Å². The number of piperidine rings is 1. The summed E-state index contributed by atoms with van der Waals surface area (Å²) in [5.41, 5.74) is 6.12. The third-order valence-corrected chi connectivity index (χ3v) is 5.95. The number of nitrogens with zero attached hydrogens (tertiary/aromatic N) is 3. The molecule has 0 unspecified atom stereocenters. The van der Waals surface area contributed by atoms with Gasteiger partial charge in [-0.2, -0.15) is 0 Å². The van der Waals surface area contributed by atoms with Crippen LogP contribution in [0.25, 0.3) is 11.0 Å². The van der Waals surface area contributed by atoms with Crippen LogP contribution in [0.5, 0.6) is 0 Å². The molecule has 0 bridgehead atoms. The summed E-state index contributed by atoms with van der Waals surface area (Å²) < 4.78 is 34.7. The first-order valence-corrected chi connectivity index (χ1v) is 11.4. The highest BCUT2D eigenvalue weighted by molar-refractivity contribution is 5.95. The van der Waals surface area contributed by atoms with Crippen molar-refractivity contribution in [3.05, 3.63) is 29.6 Å². The summed E-state index contributed by atoms with van der Waals surface area (Å²) in [7, 11) is 1.61. The van der Waals surface area contributed by atoms with E-state index in [4.69, 9.17) is 10.5 Å². The Bertz CT molecular complexity index is 1010. The van der Waals surface area contributed by atoms with Gasteiger partial charge in [-0.1, -0.05) is 13.8 Å². The van der Waals surface area contributed by atoms with Gasteiger partial charge in [-0.25, -0.2) is 13.8 Å². The van der Waals surface area contributed by atoms with Crippen molar-refractivity contribution in [3.8, 4) is 0 Å². The SMILES string of the molecule is COCCCCn1c(C(=O)N(CC(C)C)[C@@H]2CNC[C@H](C(N)=O)C2)nc2cc(F)c(F)cc21.Cl.Cl. The molecular formula is C23H35Cl2F2N5O3. The summed E-state index contributed by atoms with van der Waals surface area (Å²) in [4.78, 5) is 31.7. The van der Waals surface area contributed by atoms with E-state index in [9.17, 15) is 18.4 Å². The normalized spacial score (nSPS) is 17.7. The molecular weight excluding hydrogens is 503 g/mol. The zero-order valence-electron chi connectivity index (χ0n) is 20.3. The van der Waals surface area contributed by atoms with Crippen LogP contribution in [0.2, 0.25) is 0 Å². The predicted octanol–water partition coefficient (Wildman–Crippen LogP) is 3.15. The average molecular weight is 538 g/mol. The highest BCUT2D eigenvalue weighted by Gasteiger charge is 2.34. The van der Waals surface area contributed by atoms with Gasteiger partial charge in [0.1, 0.15) is 0 Å². The summed E-state index contributed by atoms with van der Waals surface area (Å²) >= 11 is 0. The molecule has 1 aliphatic heterocycles. The van der Waals surface area contributed by atoms with Gasteiger partial charge in [-0.05, 0) is 25.2 Å². The standard InChI is InChI=1S/C23H33F2N5O3.2ClH/c1-14(2)13-30(16-8-15(21(26)31)11-27-12-16)23(32)22-28-19-9-17(24)18(25)10-20(19)29(22)6-4-5-7-33-3;;/h9-10,14-16,27H,4-8,11-13H2,1-3H3,(H2,26,31);2*1H/t15-,16+;;/m1../s1. The molecule has 3 N–H and O–H groups in total. The molecule has 2 amide bonds. The molecule has 1 aromatic heterocycles. The van der Waals surface area contributed by atoms with Crippen molar-refractivity contribution < 1.29 is 23.1 Å². The van der Waals surface area contributed by atoms with Crippen molar-refractivity contribution >= 4 is 47.7 Å². The first-order chi connectivity index (χ1) is 15.7. The number of aryl methyl sites for hydroxylation is 1. The van der Waals surface area contributed by atoms with E-state index >= 15 is 0 Å². The molecule has 0 saturated carbocycles. The Morgan fingerprint density at radius 3 is 2.54 bits per heavy atom. The second kappa shape index (κ2) is 13.9. The molecule has 1 aliphatic rings. The molecule has 35 heavy (non-hydrogen) atoms. The quantitative estimate of drug-likeness (QED) is 0.453. The third-order valence-electron chi connectivity index (χ3n) is 5.95. The number of hydrogen-bond acceptors (Lipinski definition) is 5. The number of imidazole rings is 1. The zero-order valence-corrected chi connectivity index (χ0v) is 21.9. The molecule has 0 aliphatic carbocycles. The zero-order chi connectivity index (χ0) is 24.1. The Morgan fingerprint density at radius 2 is 1.91 bits per heavy atom. The van der Waals surface area contributed by atoms with E-state index in [0.717, 1.165) is 18.6 Å². The van der Waals surface area contributed by atoms with Crippen molar-refractivity contribution in [1.29, 1.82) is 0 Å². The molecule has 1 saturated heterocycles. The minimum absolute atomic E-state index is 0. The van der Waals surface area contributed by atoms with E-state index in [1.54, 1.807) is 16.6 Å². The van der Waals surface area contributed by atoms with E-state index in [-0.39, 0.29) is 59.9 Å². The second-order valence-corrected chi connectivity index (χ2v) is 9.04. The highest BCUT2D eigenvalue weighted by Crippen LogP contribution is 2.24. The maximum Gasteiger partial charge on any atom is 0.290 e. The van der Waals surface area contributed by atoms with Gasteiger partial charge in [0.15, 0.2) is 17.5 Å². The topological polar surface area (TPSA) is 102 Å². The molecule has 8 nitrogen and oxygen atoms in total. The van der Waals surface area contributed by atoms with Crippen molar-refractivity contribution in [1.82, 2.24) is 19.8 Å². The van der Waals surface area contributed by atoms with Gasteiger partial charge in [0.2, 0.25) is 5.91 Å². The largest absolute Gasteiger partial charge is 0.385 e. The fourth-order valence-corrected chi connectivity index (χ4v) is 4.32. The molecule has 1 aromatic carbocycles. The maximum absolute atomic E-state index is 14.0. The number of unbranched alkanes of at least 4 members (excludes halogenated alkanes) is 1. The number of carbonyl (C=O) groups is 2. The van der Waals surface area contributed by atoms with Crippen LogP contribution in [0.4, 0.5) is 8.78 Å². The summed E-state index contributed by atoms with van der Waals surface area (Å²) in [5.74, 6) is -2.80. The first kappa shape index (κ1) is 31.0. The summed E-state index contributed by atoms with van der Waals surface area (Å²) in [6.07, 6.45) is 1.88. The van der Waals surface area contributed by atoms with Crippen LogP contribution < -0.4 is 11.1 Å². The number of ether oxygens (including phenoxy) is 1.